The Morgan fingerprint density at radius 1 is 1.24 bits per heavy atom. The highest BCUT2D eigenvalue weighted by Crippen LogP contribution is 2.25. The average Bonchev–Trinajstić information content (AvgIpc) is 2.93. The van der Waals surface area contributed by atoms with Gasteiger partial charge in [0.05, 0.1) is 11.9 Å². The van der Waals surface area contributed by atoms with Gasteiger partial charge in [-0.3, -0.25) is 0 Å². The molecule has 0 aliphatic rings. The molecule has 2 heterocycles. The van der Waals surface area contributed by atoms with Crippen LogP contribution in [0.1, 0.15) is 5.56 Å². The fraction of sp³-hybridized carbons (Fsp3) is 0.0769. The number of aromatic nitrogens is 3. The van der Waals surface area contributed by atoms with Crippen LogP contribution in [0.4, 0.5) is 26.1 Å². The van der Waals surface area contributed by atoms with E-state index in [-0.39, 0.29) is 17.1 Å². The number of hydrogen-bond donors (Lipinski definition) is 3. The van der Waals surface area contributed by atoms with Crippen LogP contribution in [-0.4, -0.2) is 14.4 Å². The zero-order chi connectivity index (χ0) is 15.0. The highest BCUT2D eigenvalue weighted by atomic mass is 19.1. The number of anilines is 3. The van der Waals surface area contributed by atoms with Crippen LogP contribution in [0.5, 0.6) is 0 Å². The molecule has 0 amide bonds. The second-order valence-corrected chi connectivity index (χ2v) is 4.48. The van der Waals surface area contributed by atoms with E-state index in [1.54, 1.807) is 23.0 Å². The number of fused-ring (bicyclic) bond motifs is 1. The largest absolute Gasteiger partial charge is 0.335 e. The van der Waals surface area contributed by atoms with E-state index in [0.717, 1.165) is 12.1 Å². The summed E-state index contributed by atoms with van der Waals surface area (Å²) in [6, 6.07) is 2.19. The number of nitrogen functional groups attached to an aromatic ring is 1. The SMILES string of the molecule is Cc1cc(F)c(Nc2nc(NN)cn3ccnc23)cc1F. The molecule has 0 aliphatic carbocycles. The molecule has 6 nitrogen and oxygen atoms in total. The number of nitrogens with one attached hydrogen (secondary N) is 2. The van der Waals surface area contributed by atoms with E-state index >= 15 is 0 Å². The minimum Gasteiger partial charge on any atom is -0.335 e. The Morgan fingerprint density at radius 2 is 2.05 bits per heavy atom. The van der Waals surface area contributed by atoms with Gasteiger partial charge in [0.1, 0.15) is 11.6 Å². The third kappa shape index (κ3) is 2.36. The number of benzene rings is 1. The molecule has 0 atom stereocenters. The van der Waals surface area contributed by atoms with Crippen LogP contribution in [0.25, 0.3) is 5.65 Å². The molecule has 8 heteroatoms. The van der Waals surface area contributed by atoms with Crippen molar-refractivity contribution >= 4 is 23.0 Å². The monoisotopic (exact) mass is 290 g/mol. The lowest BCUT2D eigenvalue weighted by molar-refractivity contribution is 0.595. The lowest BCUT2D eigenvalue weighted by Crippen LogP contribution is -2.11. The predicted molar refractivity (Wildman–Crippen MR) is 75.2 cm³/mol. The molecule has 0 unspecified atom stereocenters. The number of halogens is 2. The van der Waals surface area contributed by atoms with Gasteiger partial charge >= 0.3 is 0 Å². The van der Waals surface area contributed by atoms with Gasteiger partial charge < -0.3 is 15.1 Å². The minimum absolute atomic E-state index is 0.0235. The molecule has 2 aromatic heterocycles. The van der Waals surface area contributed by atoms with Gasteiger partial charge in [-0.25, -0.2) is 24.6 Å². The topological polar surface area (TPSA) is 80.3 Å². The van der Waals surface area contributed by atoms with Gasteiger partial charge in [-0.2, -0.15) is 0 Å². The summed E-state index contributed by atoms with van der Waals surface area (Å²) in [7, 11) is 0. The van der Waals surface area contributed by atoms with E-state index in [1.807, 2.05) is 0 Å². The van der Waals surface area contributed by atoms with Crippen molar-refractivity contribution in [2.75, 3.05) is 10.7 Å². The van der Waals surface area contributed by atoms with Crippen molar-refractivity contribution in [3.63, 3.8) is 0 Å². The summed E-state index contributed by atoms with van der Waals surface area (Å²) in [5.74, 6) is 4.87. The van der Waals surface area contributed by atoms with Crippen molar-refractivity contribution in [1.29, 1.82) is 0 Å². The van der Waals surface area contributed by atoms with E-state index in [9.17, 15) is 8.78 Å². The first-order valence-corrected chi connectivity index (χ1v) is 6.11. The van der Waals surface area contributed by atoms with Crippen LogP contribution in [0.15, 0.2) is 30.7 Å². The van der Waals surface area contributed by atoms with Crippen LogP contribution in [-0.2, 0) is 0 Å². The smallest absolute Gasteiger partial charge is 0.180 e. The number of hydrogen-bond acceptors (Lipinski definition) is 5. The Labute approximate surface area is 118 Å². The third-order valence-corrected chi connectivity index (χ3v) is 3.02. The number of rotatable bonds is 3. The molecular weight excluding hydrogens is 278 g/mol. The van der Waals surface area contributed by atoms with Gasteiger partial charge in [0.2, 0.25) is 0 Å². The van der Waals surface area contributed by atoms with E-state index in [2.05, 4.69) is 20.7 Å². The number of nitrogens with zero attached hydrogens (tertiary/aromatic N) is 3. The molecule has 0 spiro atoms. The zero-order valence-corrected chi connectivity index (χ0v) is 11.1. The summed E-state index contributed by atoms with van der Waals surface area (Å²) < 4.78 is 29.1. The van der Waals surface area contributed by atoms with E-state index in [0.29, 0.717) is 11.5 Å². The second-order valence-electron chi connectivity index (χ2n) is 4.48. The van der Waals surface area contributed by atoms with E-state index in [1.165, 1.54) is 6.92 Å². The Kier molecular flexibility index (Phi) is 3.15. The summed E-state index contributed by atoms with van der Waals surface area (Å²) in [6.07, 6.45) is 4.88. The maximum absolute atomic E-state index is 13.9. The first-order chi connectivity index (χ1) is 10.1. The molecule has 0 saturated heterocycles. The van der Waals surface area contributed by atoms with Crippen molar-refractivity contribution in [2.24, 2.45) is 5.84 Å². The zero-order valence-electron chi connectivity index (χ0n) is 11.1. The number of aryl methyl sites for hydroxylation is 1. The Bertz CT molecular complexity index is 814. The highest BCUT2D eigenvalue weighted by molar-refractivity contribution is 5.71. The van der Waals surface area contributed by atoms with Gasteiger partial charge in [-0.1, -0.05) is 0 Å². The molecule has 0 radical (unpaired) electrons. The maximum atomic E-state index is 13.9. The average molecular weight is 290 g/mol. The van der Waals surface area contributed by atoms with Gasteiger partial charge in [0, 0.05) is 18.5 Å². The lowest BCUT2D eigenvalue weighted by atomic mass is 10.2. The third-order valence-electron chi connectivity index (χ3n) is 3.02. The fourth-order valence-electron chi connectivity index (χ4n) is 1.95. The maximum Gasteiger partial charge on any atom is 0.180 e. The molecule has 3 rings (SSSR count). The van der Waals surface area contributed by atoms with Crippen LogP contribution >= 0.6 is 0 Å². The second kappa shape index (κ2) is 4.98. The van der Waals surface area contributed by atoms with Crippen molar-refractivity contribution in [1.82, 2.24) is 14.4 Å². The number of hydrazine groups is 1. The Hall–Kier alpha value is -2.74. The lowest BCUT2D eigenvalue weighted by Gasteiger charge is -2.11. The molecule has 108 valence electrons. The molecule has 4 N–H and O–H groups in total. The van der Waals surface area contributed by atoms with Crippen molar-refractivity contribution in [2.45, 2.75) is 6.92 Å². The quantitative estimate of drug-likeness (QED) is 0.509. The predicted octanol–water partition coefficient (Wildman–Crippen LogP) is 2.35. The normalized spacial score (nSPS) is 10.9. The van der Waals surface area contributed by atoms with Crippen molar-refractivity contribution in [3.05, 3.63) is 47.9 Å². The molecule has 21 heavy (non-hydrogen) atoms. The minimum atomic E-state index is -0.577. The van der Waals surface area contributed by atoms with E-state index < -0.39 is 11.6 Å². The molecule has 0 aliphatic heterocycles. The van der Waals surface area contributed by atoms with Crippen molar-refractivity contribution in [3.8, 4) is 0 Å². The Morgan fingerprint density at radius 3 is 2.81 bits per heavy atom. The van der Waals surface area contributed by atoms with Crippen molar-refractivity contribution < 1.29 is 8.78 Å². The van der Waals surface area contributed by atoms with E-state index in [4.69, 9.17) is 5.84 Å². The van der Waals surface area contributed by atoms with Crippen LogP contribution < -0.4 is 16.6 Å². The van der Waals surface area contributed by atoms with Crippen LogP contribution in [0.2, 0.25) is 0 Å². The standard InChI is InChI=1S/C13H12F2N6/c1-7-4-9(15)10(5-8(7)14)18-12-13-17-2-3-21(13)6-11(19-12)20-16/h2-6,20H,16H2,1H3,(H,18,19). The van der Waals surface area contributed by atoms with Gasteiger partial charge in [0.15, 0.2) is 17.3 Å². The van der Waals surface area contributed by atoms with Gasteiger partial charge in [-0.15, -0.1) is 0 Å². The van der Waals surface area contributed by atoms with Gasteiger partial charge in [-0.05, 0) is 18.6 Å². The summed E-state index contributed by atoms with van der Waals surface area (Å²) >= 11 is 0. The first-order valence-electron chi connectivity index (χ1n) is 6.11. The summed E-state index contributed by atoms with van der Waals surface area (Å²) in [6.45, 7) is 1.49. The Balaban J connectivity index is 2.09. The summed E-state index contributed by atoms with van der Waals surface area (Å²) in [5, 5.41) is 2.74. The molecule has 0 saturated carbocycles. The number of imidazole rings is 1. The number of nitrogens with two attached hydrogens (primary N) is 1. The van der Waals surface area contributed by atoms with Gasteiger partial charge in [0.25, 0.3) is 0 Å². The summed E-state index contributed by atoms with van der Waals surface area (Å²) in [5.41, 5.74) is 3.08. The first kappa shape index (κ1) is 13.3. The van der Waals surface area contributed by atoms with Crippen LogP contribution in [0.3, 0.4) is 0 Å². The molecule has 0 bridgehead atoms. The fourth-order valence-corrected chi connectivity index (χ4v) is 1.95. The highest BCUT2D eigenvalue weighted by Gasteiger charge is 2.12. The molecular formula is C13H12F2N6. The molecule has 0 fully saturated rings. The van der Waals surface area contributed by atoms with Crippen LogP contribution in [0, 0.1) is 18.6 Å². The molecule has 3 aromatic rings. The summed E-state index contributed by atoms with van der Waals surface area (Å²) in [4.78, 5) is 8.27. The molecule has 1 aromatic carbocycles.